The molecule has 144 valence electrons. The molecule has 0 N–H and O–H groups in total. The molecule has 0 unspecified atom stereocenters. The molecule has 0 radical (unpaired) electrons. The zero-order chi connectivity index (χ0) is 18.5. The van der Waals surface area contributed by atoms with Crippen molar-refractivity contribution in [2.45, 2.75) is 49.3 Å². The quantitative estimate of drug-likeness (QED) is 0.717. The van der Waals surface area contributed by atoms with E-state index in [1.54, 1.807) is 12.1 Å². The predicted molar refractivity (Wildman–Crippen MR) is 96.3 cm³/mol. The number of hydrogen-bond acceptors (Lipinski definition) is 6. The molecule has 2 saturated heterocycles. The average Bonchev–Trinajstić information content (AvgIpc) is 3.38. The van der Waals surface area contributed by atoms with Crippen molar-refractivity contribution in [3.63, 3.8) is 0 Å². The van der Waals surface area contributed by atoms with Gasteiger partial charge in [-0.05, 0) is 38.2 Å². The van der Waals surface area contributed by atoms with Crippen LogP contribution >= 0.6 is 0 Å². The molecule has 0 amide bonds. The summed E-state index contributed by atoms with van der Waals surface area (Å²) in [6.07, 6.45) is 3.41. The average molecular weight is 402 g/mol. The fraction of sp³-hybridized carbons (Fsp3) is 0.750. The summed E-state index contributed by atoms with van der Waals surface area (Å²) >= 11 is 0. The molecule has 8 nitrogen and oxygen atoms in total. The molecule has 2 aliphatic heterocycles. The highest BCUT2D eigenvalue weighted by Crippen LogP contribution is 2.38. The SMILES string of the molecule is O=c1ccc(C2CC2)nn1C1CCN(S(=O)(=O)[C@@H]2CCS(=O)(=O)C2)CC1. The molecule has 1 saturated carbocycles. The summed E-state index contributed by atoms with van der Waals surface area (Å²) in [4.78, 5) is 12.2. The van der Waals surface area contributed by atoms with Crippen molar-refractivity contribution in [2.24, 2.45) is 0 Å². The van der Waals surface area contributed by atoms with Gasteiger partial charge in [0.15, 0.2) is 9.84 Å². The zero-order valence-corrected chi connectivity index (χ0v) is 16.1. The first-order chi connectivity index (χ1) is 12.3. The van der Waals surface area contributed by atoms with Gasteiger partial charge in [0.1, 0.15) is 0 Å². The topological polar surface area (TPSA) is 106 Å². The second-order valence-corrected chi connectivity index (χ2v) is 12.0. The Morgan fingerprint density at radius 1 is 1.04 bits per heavy atom. The Morgan fingerprint density at radius 2 is 1.73 bits per heavy atom. The van der Waals surface area contributed by atoms with Crippen LogP contribution in [0, 0.1) is 0 Å². The van der Waals surface area contributed by atoms with Crippen LogP contribution in [0.4, 0.5) is 0 Å². The van der Waals surface area contributed by atoms with Gasteiger partial charge in [0.2, 0.25) is 10.0 Å². The van der Waals surface area contributed by atoms with E-state index in [2.05, 4.69) is 5.10 Å². The van der Waals surface area contributed by atoms with E-state index >= 15 is 0 Å². The van der Waals surface area contributed by atoms with Crippen LogP contribution in [-0.4, -0.2) is 60.8 Å². The Labute approximate surface area is 153 Å². The molecule has 1 aromatic rings. The molecular weight excluding hydrogens is 378 g/mol. The van der Waals surface area contributed by atoms with Gasteiger partial charge in [0, 0.05) is 25.1 Å². The summed E-state index contributed by atoms with van der Waals surface area (Å²) in [6, 6.07) is 3.23. The third-order valence-electron chi connectivity index (χ3n) is 5.58. The number of sulfone groups is 1. The van der Waals surface area contributed by atoms with Gasteiger partial charge in [-0.25, -0.2) is 25.8 Å². The Morgan fingerprint density at radius 3 is 2.31 bits per heavy atom. The first-order valence-corrected chi connectivity index (χ1v) is 12.4. The number of aromatic nitrogens is 2. The number of hydrogen-bond donors (Lipinski definition) is 0. The second-order valence-electron chi connectivity index (χ2n) is 7.52. The van der Waals surface area contributed by atoms with Gasteiger partial charge < -0.3 is 0 Å². The van der Waals surface area contributed by atoms with Crippen molar-refractivity contribution in [3.05, 3.63) is 28.2 Å². The van der Waals surface area contributed by atoms with Crippen LogP contribution in [0.15, 0.2) is 16.9 Å². The maximum absolute atomic E-state index is 12.7. The van der Waals surface area contributed by atoms with Gasteiger partial charge in [0.25, 0.3) is 5.56 Å². The van der Waals surface area contributed by atoms with Gasteiger partial charge in [-0.15, -0.1) is 0 Å². The summed E-state index contributed by atoms with van der Waals surface area (Å²) < 4.78 is 51.6. The van der Waals surface area contributed by atoms with Crippen LogP contribution in [0.2, 0.25) is 0 Å². The fourth-order valence-corrected chi connectivity index (χ4v) is 8.41. The number of piperidine rings is 1. The van der Waals surface area contributed by atoms with Gasteiger partial charge in [-0.3, -0.25) is 4.79 Å². The molecule has 0 bridgehead atoms. The molecule has 3 heterocycles. The standard InChI is InChI=1S/C16H23N3O5S2/c20-16-4-3-15(12-1-2-12)17-19(16)13-5-8-18(9-6-13)26(23,24)14-7-10-25(21,22)11-14/h3-4,12-14H,1-2,5-11H2/t14-/m1/s1. The summed E-state index contributed by atoms with van der Waals surface area (Å²) in [5, 5.41) is 3.67. The lowest BCUT2D eigenvalue weighted by atomic mass is 10.1. The summed E-state index contributed by atoms with van der Waals surface area (Å²) in [6.45, 7) is 0.594. The molecule has 1 aliphatic carbocycles. The van der Waals surface area contributed by atoms with E-state index in [-0.39, 0.29) is 29.5 Å². The largest absolute Gasteiger partial charge is 0.268 e. The van der Waals surface area contributed by atoms with Gasteiger partial charge in [-0.1, -0.05) is 0 Å². The van der Waals surface area contributed by atoms with E-state index < -0.39 is 25.1 Å². The Balaban J connectivity index is 1.46. The van der Waals surface area contributed by atoms with Crippen molar-refractivity contribution < 1.29 is 16.8 Å². The van der Waals surface area contributed by atoms with Crippen molar-refractivity contribution in [1.29, 1.82) is 0 Å². The highest BCUT2D eigenvalue weighted by atomic mass is 32.2. The minimum absolute atomic E-state index is 0.0549. The van der Waals surface area contributed by atoms with E-state index in [4.69, 9.17) is 0 Å². The smallest absolute Gasteiger partial charge is 0.267 e. The lowest BCUT2D eigenvalue weighted by Crippen LogP contribution is -2.45. The van der Waals surface area contributed by atoms with Crippen molar-refractivity contribution in [2.75, 3.05) is 24.6 Å². The number of nitrogens with zero attached hydrogens (tertiary/aromatic N) is 3. The third kappa shape index (κ3) is 3.46. The van der Waals surface area contributed by atoms with E-state index in [0.29, 0.717) is 31.8 Å². The van der Waals surface area contributed by atoms with Crippen LogP contribution in [0.5, 0.6) is 0 Å². The predicted octanol–water partition coefficient (Wildman–Crippen LogP) is 0.275. The number of sulfonamides is 1. The Kier molecular flexibility index (Phi) is 4.47. The molecule has 1 atom stereocenters. The Bertz CT molecular complexity index is 958. The lowest BCUT2D eigenvalue weighted by Gasteiger charge is -2.33. The lowest BCUT2D eigenvalue weighted by molar-refractivity contribution is 0.252. The van der Waals surface area contributed by atoms with Gasteiger partial charge in [0.05, 0.1) is 28.5 Å². The summed E-state index contributed by atoms with van der Waals surface area (Å²) in [5.41, 5.74) is 0.786. The van der Waals surface area contributed by atoms with E-state index in [0.717, 1.165) is 18.5 Å². The molecule has 0 spiro atoms. The normalized spacial score (nSPS) is 27.6. The fourth-order valence-electron chi connectivity index (χ4n) is 3.85. The molecule has 3 aliphatic rings. The van der Waals surface area contributed by atoms with E-state index in [9.17, 15) is 21.6 Å². The first-order valence-electron chi connectivity index (χ1n) is 9.05. The molecule has 0 aromatic carbocycles. The molecular formula is C16H23N3O5S2. The number of rotatable bonds is 4. The summed E-state index contributed by atoms with van der Waals surface area (Å²) in [7, 11) is -6.86. The van der Waals surface area contributed by atoms with Crippen molar-refractivity contribution in [3.8, 4) is 0 Å². The second kappa shape index (κ2) is 6.42. The molecule has 1 aromatic heterocycles. The van der Waals surface area contributed by atoms with Crippen LogP contribution in [0.1, 0.15) is 49.8 Å². The molecule has 3 fully saturated rings. The van der Waals surface area contributed by atoms with E-state index in [1.807, 2.05) is 0 Å². The zero-order valence-electron chi connectivity index (χ0n) is 14.5. The van der Waals surface area contributed by atoms with Crippen LogP contribution in [-0.2, 0) is 19.9 Å². The Hall–Kier alpha value is -1.26. The minimum Gasteiger partial charge on any atom is -0.268 e. The van der Waals surface area contributed by atoms with Gasteiger partial charge >= 0.3 is 0 Å². The van der Waals surface area contributed by atoms with E-state index in [1.165, 1.54) is 8.99 Å². The van der Waals surface area contributed by atoms with Crippen LogP contribution in [0.25, 0.3) is 0 Å². The first kappa shape index (κ1) is 18.1. The molecule has 4 rings (SSSR count). The highest BCUT2D eigenvalue weighted by molar-refractivity contribution is 7.95. The van der Waals surface area contributed by atoms with Crippen molar-refractivity contribution >= 4 is 19.9 Å². The maximum Gasteiger partial charge on any atom is 0.267 e. The summed E-state index contributed by atoms with van der Waals surface area (Å²) in [5.74, 6) is 0.118. The third-order valence-corrected chi connectivity index (χ3v) is 9.89. The molecule has 10 heteroatoms. The van der Waals surface area contributed by atoms with Crippen LogP contribution in [0.3, 0.4) is 0 Å². The monoisotopic (exact) mass is 401 g/mol. The maximum atomic E-state index is 12.7. The van der Waals surface area contributed by atoms with Gasteiger partial charge in [-0.2, -0.15) is 5.10 Å². The van der Waals surface area contributed by atoms with Crippen molar-refractivity contribution in [1.82, 2.24) is 14.1 Å². The minimum atomic E-state index is -3.61. The highest BCUT2D eigenvalue weighted by Gasteiger charge is 2.41. The molecule has 26 heavy (non-hydrogen) atoms. The van der Waals surface area contributed by atoms with Crippen LogP contribution < -0.4 is 5.56 Å².